The average Bonchev–Trinajstić information content (AvgIpc) is 2.20. The van der Waals surface area contributed by atoms with Gasteiger partial charge in [0.25, 0.3) is 5.91 Å². The normalized spacial score (nSPS) is 10.2. The molecule has 0 fully saturated rings. The number of nitrogens with one attached hydrogen (secondary N) is 1. The van der Waals surface area contributed by atoms with Crippen LogP contribution in [-0.4, -0.2) is 16.9 Å². The summed E-state index contributed by atoms with van der Waals surface area (Å²) in [5, 5.41) is 3.05. The maximum Gasteiger partial charge on any atom is 0.291 e. The first kappa shape index (κ1) is 12.8. The Hall–Kier alpha value is -1.29. The highest BCUT2D eigenvalue weighted by molar-refractivity contribution is 7.99. The van der Waals surface area contributed by atoms with Gasteiger partial charge in [-0.2, -0.15) is 0 Å². The monoisotopic (exact) mass is 237 g/mol. The first-order valence-corrected chi connectivity index (χ1v) is 5.95. The van der Waals surface area contributed by atoms with Crippen LogP contribution in [0.4, 0.5) is 5.69 Å². The van der Waals surface area contributed by atoms with E-state index in [2.05, 4.69) is 19.2 Å². The third-order valence-electron chi connectivity index (χ3n) is 1.80. The minimum absolute atomic E-state index is 0.486. The molecule has 0 aliphatic heterocycles. The molecular formula is C12H15NO2S. The van der Waals surface area contributed by atoms with E-state index in [1.54, 1.807) is 23.9 Å². The third kappa shape index (κ3) is 4.06. The molecule has 0 saturated carbocycles. The predicted octanol–water partition coefficient (Wildman–Crippen LogP) is 2.71. The highest BCUT2D eigenvalue weighted by atomic mass is 32.2. The molecule has 16 heavy (non-hydrogen) atoms. The quantitative estimate of drug-likeness (QED) is 0.647. The number of rotatable bonds is 4. The van der Waals surface area contributed by atoms with Crippen LogP contribution in [0.5, 0.6) is 0 Å². The molecule has 1 N–H and O–H groups in total. The largest absolute Gasteiger partial charge is 0.319 e. The van der Waals surface area contributed by atoms with Gasteiger partial charge in [0.1, 0.15) is 0 Å². The molecule has 0 heterocycles. The zero-order valence-electron chi connectivity index (χ0n) is 9.61. The maximum absolute atomic E-state index is 11.1. The van der Waals surface area contributed by atoms with Crippen molar-refractivity contribution in [2.75, 3.05) is 5.32 Å². The summed E-state index contributed by atoms with van der Waals surface area (Å²) in [6.07, 6.45) is 0. The Morgan fingerprint density at radius 3 is 2.19 bits per heavy atom. The van der Waals surface area contributed by atoms with E-state index in [4.69, 9.17) is 0 Å². The van der Waals surface area contributed by atoms with E-state index in [9.17, 15) is 9.59 Å². The van der Waals surface area contributed by atoms with Crippen molar-refractivity contribution in [1.29, 1.82) is 0 Å². The zero-order valence-corrected chi connectivity index (χ0v) is 10.4. The van der Waals surface area contributed by atoms with Gasteiger partial charge in [-0.3, -0.25) is 9.59 Å². The number of carbonyl (C=O) groups excluding carboxylic acids is 2. The minimum Gasteiger partial charge on any atom is -0.319 e. The lowest BCUT2D eigenvalue weighted by atomic mass is 10.3. The summed E-state index contributed by atoms with van der Waals surface area (Å²) in [5.41, 5.74) is 0.647. The topological polar surface area (TPSA) is 46.2 Å². The van der Waals surface area contributed by atoms with Crippen LogP contribution >= 0.6 is 11.8 Å². The van der Waals surface area contributed by atoms with Crippen LogP contribution in [0.1, 0.15) is 20.8 Å². The van der Waals surface area contributed by atoms with Gasteiger partial charge in [0, 0.05) is 22.8 Å². The number of hydrogen-bond donors (Lipinski definition) is 1. The molecule has 0 saturated heterocycles. The summed E-state index contributed by atoms with van der Waals surface area (Å²) < 4.78 is 0. The van der Waals surface area contributed by atoms with Crippen LogP contribution in [0, 0.1) is 0 Å². The molecular weight excluding hydrogens is 222 g/mol. The number of thioether (sulfide) groups is 1. The first-order valence-electron chi connectivity index (χ1n) is 5.07. The Morgan fingerprint density at radius 1 is 1.19 bits per heavy atom. The lowest BCUT2D eigenvalue weighted by molar-refractivity contribution is -0.133. The number of Topliss-reactive ketones (excluding diaryl/α,β-unsaturated/α-hetero) is 1. The zero-order chi connectivity index (χ0) is 12.1. The average molecular weight is 237 g/mol. The van der Waals surface area contributed by atoms with Gasteiger partial charge in [-0.25, -0.2) is 0 Å². The Labute approximate surface area is 99.6 Å². The van der Waals surface area contributed by atoms with Crippen molar-refractivity contribution in [1.82, 2.24) is 0 Å². The fourth-order valence-electron chi connectivity index (χ4n) is 1.11. The van der Waals surface area contributed by atoms with Gasteiger partial charge in [-0.05, 0) is 24.3 Å². The van der Waals surface area contributed by atoms with Gasteiger partial charge in [-0.1, -0.05) is 13.8 Å². The fraction of sp³-hybridized carbons (Fsp3) is 0.333. The van der Waals surface area contributed by atoms with Crippen molar-refractivity contribution >= 4 is 29.1 Å². The van der Waals surface area contributed by atoms with Crippen molar-refractivity contribution < 1.29 is 9.59 Å². The van der Waals surface area contributed by atoms with Crippen LogP contribution in [0.2, 0.25) is 0 Å². The molecule has 86 valence electrons. The van der Waals surface area contributed by atoms with Crippen molar-refractivity contribution in [2.45, 2.75) is 30.9 Å². The van der Waals surface area contributed by atoms with Crippen molar-refractivity contribution in [3.8, 4) is 0 Å². The van der Waals surface area contributed by atoms with Crippen LogP contribution in [0.15, 0.2) is 29.2 Å². The summed E-state index contributed by atoms with van der Waals surface area (Å²) in [6.45, 7) is 5.49. The van der Waals surface area contributed by atoms with Crippen LogP contribution in [-0.2, 0) is 9.59 Å². The molecule has 0 aliphatic rings. The molecule has 0 unspecified atom stereocenters. The summed E-state index contributed by atoms with van der Waals surface area (Å²) in [6, 6.07) is 7.46. The highest BCUT2D eigenvalue weighted by Gasteiger charge is 2.07. The Kier molecular flexibility index (Phi) is 4.55. The molecule has 0 bridgehead atoms. The van der Waals surface area contributed by atoms with E-state index in [-0.39, 0.29) is 0 Å². The van der Waals surface area contributed by atoms with E-state index >= 15 is 0 Å². The van der Waals surface area contributed by atoms with Crippen LogP contribution in [0.3, 0.4) is 0 Å². The Bertz CT molecular complexity index is 385. The maximum atomic E-state index is 11.1. The van der Waals surface area contributed by atoms with E-state index in [0.29, 0.717) is 10.9 Å². The number of hydrogen-bond acceptors (Lipinski definition) is 3. The van der Waals surface area contributed by atoms with Crippen molar-refractivity contribution in [3.05, 3.63) is 24.3 Å². The second kappa shape index (κ2) is 5.70. The van der Waals surface area contributed by atoms with Gasteiger partial charge < -0.3 is 5.32 Å². The summed E-state index contributed by atoms with van der Waals surface area (Å²) in [4.78, 5) is 23.0. The number of benzene rings is 1. The third-order valence-corrected chi connectivity index (χ3v) is 2.82. The SMILES string of the molecule is CC(=O)C(=O)Nc1ccc(SC(C)C)cc1. The summed E-state index contributed by atoms with van der Waals surface area (Å²) >= 11 is 1.75. The lowest BCUT2D eigenvalue weighted by Crippen LogP contribution is -2.19. The standard InChI is InChI=1S/C12H15NO2S/c1-8(2)16-11-6-4-10(5-7-11)13-12(15)9(3)14/h4-8H,1-3H3,(H,13,15). The molecule has 1 aromatic carbocycles. The van der Waals surface area contributed by atoms with Gasteiger partial charge in [0.15, 0.2) is 0 Å². The second-order valence-electron chi connectivity index (χ2n) is 3.70. The van der Waals surface area contributed by atoms with E-state index in [0.717, 1.165) is 4.90 Å². The van der Waals surface area contributed by atoms with Gasteiger partial charge in [0.05, 0.1) is 0 Å². The number of ketones is 1. The number of amides is 1. The van der Waals surface area contributed by atoms with Gasteiger partial charge in [-0.15, -0.1) is 11.8 Å². The molecule has 0 radical (unpaired) electrons. The van der Waals surface area contributed by atoms with Crippen molar-refractivity contribution in [3.63, 3.8) is 0 Å². The smallest absolute Gasteiger partial charge is 0.291 e. The first-order chi connectivity index (χ1) is 7.49. The second-order valence-corrected chi connectivity index (χ2v) is 5.35. The molecule has 3 nitrogen and oxygen atoms in total. The summed E-state index contributed by atoms with van der Waals surface area (Å²) in [5.74, 6) is -1.06. The van der Waals surface area contributed by atoms with Gasteiger partial charge >= 0.3 is 0 Å². The number of carbonyl (C=O) groups is 2. The predicted molar refractivity (Wildman–Crippen MR) is 66.7 cm³/mol. The lowest BCUT2D eigenvalue weighted by Gasteiger charge is -2.06. The van der Waals surface area contributed by atoms with Gasteiger partial charge in [0.2, 0.25) is 5.78 Å². The molecule has 0 atom stereocenters. The molecule has 1 aromatic rings. The highest BCUT2D eigenvalue weighted by Crippen LogP contribution is 2.24. The molecule has 4 heteroatoms. The Balaban J connectivity index is 2.64. The molecule has 1 rings (SSSR count). The molecule has 0 spiro atoms. The van der Waals surface area contributed by atoms with E-state index in [1.165, 1.54) is 6.92 Å². The van der Waals surface area contributed by atoms with Crippen molar-refractivity contribution in [2.24, 2.45) is 0 Å². The molecule has 1 amide bonds. The Morgan fingerprint density at radius 2 is 1.75 bits per heavy atom. The van der Waals surface area contributed by atoms with E-state index in [1.807, 2.05) is 12.1 Å². The molecule has 0 aromatic heterocycles. The molecule has 0 aliphatic carbocycles. The van der Waals surface area contributed by atoms with Crippen LogP contribution < -0.4 is 5.32 Å². The minimum atomic E-state index is -0.579. The number of anilines is 1. The van der Waals surface area contributed by atoms with Crippen LogP contribution in [0.25, 0.3) is 0 Å². The summed E-state index contributed by atoms with van der Waals surface area (Å²) in [7, 11) is 0. The van der Waals surface area contributed by atoms with E-state index < -0.39 is 11.7 Å². The fourth-order valence-corrected chi connectivity index (χ4v) is 1.95.